The van der Waals surface area contributed by atoms with Gasteiger partial charge in [-0.15, -0.1) is 0 Å². The highest BCUT2D eigenvalue weighted by atomic mass is 16.5. The van der Waals surface area contributed by atoms with Crippen molar-refractivity contribution < 1.29 is 14.3 Å². The highest BCUT2D eigenvalue weighted by Gasteiger charge is 2.08. The Balaban J connectivity index is 1.95. The van der Waals surface area contributed by atoms with E-state index in [1.165, 1.54) is 6.92 Å². The van der Waals surface area contributed by atoms with E-state index in [1.807, 2.05) is 18.2 Å². The molecule has 2 aromatic carbocycles. The number of anilines is 2. The number of amides is 2. The average Bonchev–Trinajstić information content (AvgIpc) is 2.48. The van der Waals surface area contributed by atoms with E-state index in [0.717, 1.165) is 0 Å². The SMILES string of the molecule is CC(=O)Nc1ccccc1NC(=O)COc1ccccc1. The monoisotopic (exact) mass is 284 g/mol. The smallest absolute Gasteiger partial charge is 0.262 e. The molecule has 2 rings (SSSR count). The minimum absolute atomic E-state index is 0.0988. The van der Waals surface area contributed by atoms with Gasteiger partial charge in [-0.05, 0) is 24.3 Å². The van der Waals surface area contributed by atoms with Crippen LogP contribution in [0.25, 0.3) is 0 Å². The fourth-order valence-corrected chi connectivity index (χ4v) is 1.74. The standard InChI is InChI=1S/C16H16N2O3/c1-12(19)17-14-9-5-6-10-15(14)18-16(20)11-21-13-7-3-2-4-8-13/h2-10H,11H2,1H3,(H,17,19)(H,18,20). The van der Waals surface area contributed by atoms with E-state index in [1.54, 1.807) is 36.4 Å². The summed E-state index contributed by atoms with van der Waals surface area (Å²) in [6.45, 7) is 1.32. The first-order valence-corrected chi connectivity index (χ1v) is 6.49. The number of carbonyl (C=O) groups excluding carboxylic acids is 2. The lowest BCUT2D eigenvalue weighted by atomic mass is 10.2. The molecule has 0 fully saturated rings. The van der Waals surface area contributed by atoms with Crippen LogP contribution in [0.3, 0.4) is 0 Å². The summed E-state index contributed by atoms with van der Waals surface area (Å²) in [4.78, 5) is 23.0. The molecule has 0 saturated carbocycles. The van der Waals surface area contributed by atoms with Crippen LogP contribution in [0.1, 0.15) is 6.92 Å². The van der Waals surface area contributed by atoms with E-state index >= 15 is 0 Å². The molecule has 108 valence electrons. The van der Waals surface area contributed by atoms with Gasteiger partial charge in [-0.2, -0.15) is 0 Å². The molecule has 5 nitrogen and oxygen atoms in total. The molecule has 21 heavy (non-hydrogen) atoms. The van der Waals surface area contributed by atoms with Gasteiger partial charge in [0, 0.05) is 6.92 Å². The van der Waals surface area contributed by atoms with Gasteiger partial charge in [-0.25, -0.2) is 0 Å². The first-order chi connectivity index (χ1) is 10.1. The van der Waals surface area contributed by atoms with Gasteiger partial charge in [0.05, 0.1) is 11.4 Å². The molecule has 0 aliphatic rings. The van der Waals surface area contributed by atoms with Gasteiger partial charge < -0.3 is 15.4 Å². The van der Waals surface area contributed by atoms with Crippen molar-refractivity contribution in [3.05, 3.63) is 54.6 Å². The quantitative estimate of drug-likeness (QED) is 0.887. The molecule has 0 spiro atoms. The number of benzene rings is 2. The molecule has 2 N–H and O–H groups in total. The van der Waals surface area contributed by atoms with Crippen LogP contribution in [0.5, 0.6) is 5.75 Å². The fraction of sp³-hybridized carbons (Fsp3) is 0.125. The van der Waals surface area contributed by atoms with E-state index in [4.69, 9.17) is 4.74 Å². The number of hydrogen-bond donors (Lipinski definition) is 2. The van der Waals surface area contributed by atoms with E-state index in [-0.39, 0.29) is 18.4 Å². The summed E-state index contributed by atoms with van der Waals surface area (Å²) in [6.07, 6.45) is 0. The molecular weight excluding hydrogens is 268 g/mol. The van der Waals surface area contributed by atoms with Crippen LogP contribution in [0.15, 0.2) is 54.6 Å². The molecule has 5 heteroatoms. The molecule has 0 atom stereocenters. The number of ether oxygens (including phenoxy) is 1. The Hall–Kier alpha value is -2.82. The summed E-state index contributed by atoms with van der Waals surface area (Å²) < 4.78 is 5.36. The molecule has 0 saturated heterocycles. The summed E-state index contributed by atoms with van der Waals surface area (Å²) >= 11 is 0. The number of nitrogens with one attached hydrogen (secondary N) is 2. The van der Waals surface area contributed by atoms with Crippen LogP contribution < -0.4 is 15.4 Å². The van der Waals surface area contributed by atoms with Gasteiger partial charge in [0.25, 0.3) is 5.91 Å². The average molecular weight is 284 g/mol. The lowest BCUT2D eigenvalue weighted by molar-refractivity contribution is -0.118. The van der Waals surface area contributed by atoms with Crippen LogP contribution in [-0.2, 0) is 9.59 Å². The highest BCUT2D eigenvalue weighted by molar-refractivity contribution is 5.99. The number of para-hydroxylation sites is 3. The number of carbonyl (C=O) groups is 2. The Labute approximate surface area is 122 Å². The third kappa shape index (κ3) is 4.65. The van der Waals surface area contributed by atoms with Gasteiger partial charge in [0.2, 0.25) is 5.91 Å². The zero-order valence-corrected chi connectivity index (χ0v) is 11.6. The summed E-state index contributed by atoms with van der Waals surface area (Å²) in [5.74, 6) is 0.136. The van der Waals surface area contributed by atoms with Crippen molar-refractivity contribution >= 4 is 23.2 Å². The second kappa shape index (κ2) is 7.09. The van der Waals surface area contributed by atoms with Crippen LogP contribution in [0, 0.1) is 0 Å². The molecule has 0 bridgehead atoms. The largest absolute Gasteiger partial charge is 0.484 e. The third-order valence-corrected chi connectivity index (χ3v) is 2.62. The molecule has 0 aliphatic carbocycles. The molecule has 0 aliphatic heterocycles. The fourth-order valence-electron chi connectivity index (χ4n) is 1.74. The van der Waals surface area contributed by atoms with Crippen molar-refractivity contribution in [3.8, 4) is 5.75 Å². The molecule has 0 unspecified atom stereocenters. The maximum absolute atomic E-state index is 11.9. The van der Waals surface area contributed by atoms with E-state index in [9.17, 15) is 9.59 Å². The van der Waals surface area contributed by atoms with Crippen molar-refractivity contribution in [2.45, 2.75) is 6.92 Å². The topological polar surface area (TPSA) is 67.4 Å². The zero-order chi connectivity index (χ0) is 15.1. The Morgan fingerprint density at radius 2 is 1.48 bits per heavy atom. The molecule has 2 aromatic rings. The summed E-state index contributed by atoms with van der Waals surface area (Å²) in [5, 5.41) is 5.37. The van der Waals surface area contributed by atoms with Crippen molar-refractivity contribution in [2.24, 2.45) is 0 Å². The lowest BCUT2D eigenvalue weighted by Gasteiger charge is -2.11. The molecule has 0 aromatic heterocycles. The highest BCUT2D eigenvalue weighted by Crippen LogP contribution is 2.20. The molecule has 2 amide bonds. The van der Waals surface area contributed by atoms with Gasteiger partial charge >= 0.3 is 0 Å². The number of hydrogen-bond acceptors (Lipinski definition) is 3. The van der Waals surface area contributed by atoms with Crippen LogP contribution >= 0.6 is 0 Å². The Kier molecular flexibility index (Phi) is 4.93. The third-order valence-electron chi connectivity index (χ3n) is 2.62. The summed E-state index contributed by atoms with van der Waals surface area (Å²) in [6, 6.07) is 16.1. The zero-order valence-electron chi connectivity index (χ0n) is 11.6. The minimum atomic E-state index is -0.295. The van der Waals surface area contributed by atoms with Crippen molar-refractivity contribution in [2.75, 3.05) is 17.2 Å². The first kappa shape index (κ1) is 14.6. The predicted octanol–water partition coefficient (Wildman–Crippen LogP) is 2.66. The Morgan fingerprint density at radius 1 is 0.905 bits per heavy atom. The first-order valence-electron chi connectivity index (χ1n) is 6.49. The second-order valence-electron chi connectivity index (χ2n) is 4.38. The van der Waals surface area contributed by atoms with Crippen molar-refractivity contribution in [1.82, 2.24) is 0 Å². The van der Waals surface area contributed by atoms with E-state index in [2.05, 4.69) is 10.6 Å². The Morgan fingerprint density at radius 3 is 2.10 bits per heavy atom. The molecular formula is C16H16N2O3. The lowest BCUT2D eigenvalue weighted by Crippen LogP contribution is -2.21. The Bertz CT molecular complexity index is 626. The summed E-state index contributed by atoms with van der Waals surface area (Å²) in [5.41, 5.74) is 1.09. The minimum Gasteiger partial charge on any atom is -0.484 e. The number of rotatable bonds is 5. The van der Waals surface area contributed by atoms with E-state index < -0.39 is 0 Å². The van der Waals surface area contributed by atoms with Gasteiger partial charge in [-0.1, -0.05) is 30.3 Å². The normalized spacial score (nSPS) is 9.76. The molecule has 0 heterocycles. The van der Waals surface area contributed by atoms with Crippen LogP contribution in [0.2, 0.25) is 0 Å². The maximum atomic E-state index is 11.9. The van der Waals surface area contributed by atoms with Crippen molar-refractivity contribution in [3.63, 3.8) is 0 Å². The molecule has 0 radical (unpaired) electrons. The van der Waals surface area contributed by atoms with Gasteiger partial charge in [0.15, 0.2) is 6.61 Å². The van der Waals surface area contributed by atoms with Crippen molar-refractivity contribution in [1.29, 1.82) is 0 Å². The van der Waals surface area contributed by atoms with Crippen LogP contribution in [-0.4, -0.2) is 18.4 Å². The predicted molar refractivity (Wildman–Crippen MR) is 81.3 cm³/mol. The summed E-state index contributed by atoms with van der Waals surface area (Å²) in [7, 11) is 0. The van der Waals surface area contributed by atoms with Gasteiger partial charge in [-0.3, -0.25) is 9.59 Å². The maximum Gasteiger partial charge on any atom is 0.262 e. The van der Waals surface area contributed by atoms with Crippen LogP contribution in [0.4, 0.5) is 11.4 Å². The van der Waals surface area contributed by atoms with Gasteiger partial charge in [0.1, 0.15) is 5.75 Å². The van der Waals surface area contributed by atoms with E-state index in [0.29, 0.717) is 17.1 Å². The second-order valence-corrected chi connectivity index (χ2v) is 4.38.